The summed E-state index contributed by atoms with van der Waals surface area (Å²) >= 11 is 0. The van der Waals surface area contributed by atoms with Crippen LogP contribution in [-0.4, -0.2) is 55.4 Å². The van der Waals surface area contributed by atoms with Crippen LogP contribution in [0.15, 0.2) is 6.20 Å². The Morgan fingerprint density at radius 2 is 2.24 bits per heavy atom. The molecule has 1 aliphatic rings. The number of nitrogens with one attached hydrogen (secondary N) is 1. The normalized spacial score (nSPS) is 18.9. The van der Waals surface area contributed by atoms with Crippen LogP contribution >= 0.6 is 0 Å². The Morgan fingerprint density at radius 3 is 2.65 bits per heavy atom. The van der Waals surface area contributed by atoms with Gasteiger partial charge < -0.3 is 19.5 Å². The van der Waals surface area contributed by atoms with Gasteiger partial charge >= 0.3 is 0 Å². The van der Waals surface area contributed by atoms with E-state index in [2.05, 4.69) is 27.7 Å². The molecule has 96 valence electrons. The lowest BCUT2D eigenvalue weighted by atomic mass is 10.3. The lowest BCUT2D eigenvalue weighted by molar-refractivity contribution is 0.0410. The van der Waals surface area contributed by atoms with Crippen LogP contribution in [0.25, 0.3) is 0 Å². The molecule has 1 aliphatic heterocycles. The molecule has 7 nitrogen and oxygen atoms in total. The molecule has 0 bridgehead atoms. The van der Waals surface area contributed by atoms with Crippen LogP contribution in [-0.2, 0) is 4.74 Å². The number of hydrogen-bond donors (Lipinski definition) is 1. The first-order valence-corrected chi connectivity index (χ1v) is 5.36. The van der Waals surface area contributed by atoms with Crippen molar-refractivity contribution < 1.29 is 14.2 Å². The van der Waals surface area contributed by atoms with E-state index >= 15 is 0 Å². The second-order valence-electron chi connectivity index (χ2n) is 3.40. The van der Waals surface area contributed by atoms with Crippen molar-refractivity contribution in [2.24, 2.45) is 0 Å². The fourth-order valence-electron chi connectivity index (χ4n) is 1.23. The third-order valence-corrected chi connectivity index (χ3v) is 2.10. The summed E-state index contributed by atoms with van der Waals surface area (Å²) < 4.78 is 14.9. The van der Waals surface area contributed by atoms with E-state index in [0.29, 0.717) is 17.7 Å². The molecule has 1 unspecified atom stereocenters. The van der Waals surface area contributed by atoms with Gasteiger partial charge in [0.2, 0.25) is 5.75 Å². The highest BCUT2D eigenvalue weighted by atomic mass is 16.5. The highest BCUT2D eigenvalue weighted by Gasteiger charge is 2.04. The van der Waals surface area contributed by atoms with E-state index in [4.69, 9.17) is 14.2 Å². The van der Waals surface area contributed by atoms with Crippen molar-refractivity contribution in [2.45, 2.75) is 13.0 Å². The molecule has 1 saturated heterocycles. The molecule has 7 heteroatoms. The second kappa shape index (κ2) is 7.75. The highest BCUT2D eigenvalue weighted by Crippen LogP contribution is 2.19. The van der Waals surface area contributed by atoms with E-state index in [-0.39, 0.29) is 0 Å². The molecule has 1 N–H and O–H groups in total. The highest BCUT2D eigenvalue weighted by molar-refractivity contribution is 5.27. The molecule has 0 radical (unpaired) electrons. The summed E-state index contributed by atoms with van der Waals surface area (Å²) in [6, 6.07) is 0. The molecule has 0 spiro atoms. The van der Waals surface area contributed by atoms with Crippen LogP contribution in [0.2, 0.25) is 0 Å². The van der Waals surface area contributed by atoms with Crippen molar-refractivity contribution in [3.8, 4) is 11.6 Å². The topological polar surface area (TPSA) is 78.4 Å². The Hall–Kier alpha value is -1.47. The van der Waals surface area contributed by atoms with Crippen molar-refractivity contribution in [1.29, 1.82) is 0 Å². The first-order chi connectivity index (χ1) is 8.27. The molecule has 2 rings (SSSR count). The van der Waals surface area contributed by atoms with Crippen LogP contribution in [0.5, 0.6) is 11.6 Å². The predicted octanol–water partition coefficient (Wildman–Crippen LogP) is -0.116. The number of nitrogens with zero attached hydrogens (tertiary/aromatic N) is 3. The molecule has 2 heterocycles. The minimum Gasteiger partial charge on any atom is -0.490 e. The predicted molar refractivity (Wildman–Crippen MR) is 61.2 cm³/mol. The van der Waals surface area contributed by atoms with Crippen LogP contribution in [0, 0.1) is 0 Å². The molecule has 1 atom stereocenters. The summed E-state index contributed by atoms with van der Waals surface area (Å²) in [5.41, 5.74) is 0. The first-order valence-electron chi connectivity index (χ1n) is 5.36. The number of ether oxygens (including phenoxy) is 3. The van der Waals surface area contributed by atoms with E-state index in [1.54, 1.807) is 0 Å². The SMILES string of the molecule is CC1CNCCO1.COc1cnnnc1OC. The van der Waals surface area contributed by atoms with Gasteiger partial charge in [0.1, 0.15) is 0 Å². The molecular weight excluding hydrogens is 224 g/mol. The van der Waals surface area contributed by atoms with Crippen molar-refractivity contribution in [3.05, 3.63) is 6.20 Å². The Balaban J connectivity index is 0.000000181. The van der Waals surface area contributed by atoms with Crippen molar-refractivity contribution in [1.82, 2.24) is 20.7 Å². The minimum atomic E-state index is 0.345. The van der Waals surface area contributed by atoms with Crippen LogP contribution in [0.4, 0.5) is 0 Å². The second-order valence-corrected chi connectivity index (χ2v) is 3.40. The number of methoxy groups -OCH3 is 2. The molecule has 0 aromatic carbocycles. The van der Waals surface area contributed by atoms with Gasteiger partial charge in [0, 0.05) is 13.1 Å². The lowest BCUT2D eigenvalue weighted by Crippen LogP contribution is -2.36. The van der Waals surface area contributed by atoms with Crippen LogP contribution < -0.4 is 14.8 Å². The zero-order chi connectivity index (χ0) is 12.5. The molecule has 1 fully saturated rings. The summed E-state index contributed by atoms with van der Waals surface area (Å²) in [4.78, 5) is 0. The van der Waals surface area contributed by atoms with Crippen LogP contribution in [0.1, 0.15) is 6.92 Å². The van der Waals surface area contributed by atoms with Gasteiger partial charge in [-0.3, -0.25) is 0 Å². The van der Waals surface area contributed by atoms with Gasteiger partial charge in [-0.15, -0.1) is 5.10 Å². The van der Waals surface area contributed by atoms with Gasteiger partial charge in [-0.2, -0.15) is 0 Å². The molecule has 0 aliphatic carbocycles. The molecule has 1 aromatic rings. The Bertz CT molecular complexity index is 295. The third kappa shape index (κ3) is 4.92. The Labute approximate surface area is 100 Å². The standard InChI is InChI=1S/C5H7N3O2.C5H11NO/c1-9-4-3-6-8-7-5(4)10-2;1-5-4-6-2-3-7-5/h3H,1-2H3;5-6H,2-4H2,1H3. The Kier molecular flexibility index (Phi) is 6.19. The quantitative estimate of drug-likeness (QED) is 0.774. The van der Waals surface area contributed by atoms with Crippen molar-refractivity contribution in [2.75, 3.05) is 33.9 Å². The van der Waals surface area contributed by atoms with Gasteiger partial charge in [0.15, 0.2) is 0 Å². The maximum absolute atomic E-state index is 5.22. The maximum atomic E-state index is 5.22. The average molecular weight is 242 g/mol. The van der Waals surface area contributed by atoms with Gasteiger partial charge in [0.05, 0.1) is 33.1 Å². The average Bonchev–Trinajstić information content (AvgIpc) is 2.40. The fourth-order valence-corrected chi connectivity index (χ4v) is 1.23. The molecule has 0 amide bonds. The van der Waals surface area contributed by atoms with Gasteiger partial charge in [-0.25, -0.2) is 0 Å². The molecule has 1 aromatic heterocycles. The largest absolute Gasteiger partial charge is 0.490 e. The zero-order valence-corrected chi connectivity index (χ0v) is 10.3. The minimum absolute atomic E-state index is 0.345. The zero-order valence-electron chi connectivity index (χ0n) is 10.3. The van der Waals surface area contributed by atoms with E-state index in [9.17, 15) is 0 Å². The van der Waals surface area contributed by atoms with E-state index < -0.39 is 0 Å². The van der Waals surface area contributed by atoms with Crippen molar-refractivity contribution >= 4 is 0 Å². The number of rotatable bonds is 2. The smallest absolute Gasteiger partial charge is 0.279 e. The van der Waals surface area contributed by atoms with E-state index in [1.165, 1.54) is 20.4 Å². The number of aromatic nitrogens is 3. The third-order valence-electron chi connectivity index (χ3n) is 2.10. The maximum Gasteiger partial charge on any atom is 0.279 e. The van der Waals surface area contributed by atoms with E-state index in [0.717, 1.165) is 19.7 Å². The van der Waals surface area contributed by atoms with Crippen LogP contribution in [0.3, 0.4) is 0 Å². The van der Waals surface area contributed by atoms with Crippen molar-refractivity contribution in [3.63, 3.8) is 0 Å². The molecule has 0 saturated carbocycles. The summed E-state index contributed by atoms with van der Waals surface area (Å²) in [5, 5.41) is 13.6. The summed E-state index contributed by atoms with van der Waals surface area (Å²) in [5.74, 6) is 0.829. The van der Waals surface area contributed by atoms with Gasteiger partial charge in [-0.05, 0) is 12.1 Å². The Morgan fingerprint density at radius 1 is 1.41 bits per heavy atom. The summed E-state index contributed by atoms with van der Waals surface area (Å²) in [6.07, 6.45) is 1.86. The summed E-state index contributed by atoms with van der Waals surface area (Å²) in [6.45, 7) is 4.98. The first kappa shape index (κ1) is 13.6. The van der Waals surface area contributed by atoms with Gasteiger partial charge in [0.25, 0.3) is 5.88 Å². The fraction of sp³-hybridized carbons (Fsp3) is 0.700. The number of hydrogen-bond acceptors (Lipinski definition) is 7. The summed E-state index contributed by atoms with van der Waals surface area (Å²) in [7, 11) is 3.01. The monoisotopic (exact) mass is 242 g/mol. The molecule has 17 heavy (non-hydrogen) atoms. The lowest BCUT2D eigenvalue weighted by Gasteiger charge is -2.18. The number of morpholine rings is 1. The van der Waals surface area contributed by atoms with Gasteiger partial charge in [-0.1, -0.05) is 5.10 Å². The van der Waals surface area contributed by atoms with E-state index in [1.807, 2.05) is 0 Å². The molecular formula is C10H18N4O3.